The number of carbonyl (C=O) groups excluding carboxylic acids is 2. The summed E-state index contributed by atoms with van der Waals surface area (Å²) < 4.78 is 0. The maximum absolute atomic E-state index is 12.8. The van der Waals surface area contributed by atoms with Gasteiger partial charge in [-0.25, -0.2) is 0 Å². The van der Waals surface area contributed by atoms with Gasteiger partial charge in [0, 0.05) is 12.6 Å². The SMILES string of the molecule is CCN(CC(=O)NC(C)C)C(=O)C1(C#N)CCCCCC1. The van der Waals surface area contributed by atoms with E-state index in [1.54, 1.807) is 0 Å². The molecule has 1 fully saturated rings. The Morgan fingerprint density at radius 2 is 1.81 bits per heavy atom. The standard InChI is InChI=1S/C16H27N3O2/c1-4-19(11-14(20)18-13(2)3)15(21)16(12-17)9-7-5-6-8-10-16/h13H,4-11H2,1-3H3,(H,18,20). The highest BCUT2D eigenvalue weighted by Crippen LogP contribution is 2.36. The third kappa shape index (κ3) is 4.73. The molecule has 0 aromatic rings. The highest BCUT2D eigenvalue weighted by atomic mass is 16.2. The minimum absolute atomic E-state index is 0.0386. The number of carbonyl (C=O) groups is 2. The van der Waals surface area contributed by atoms with Gasteiger partial charge < -0.3 is 10.2 Å². The highest BCUT2D eigenvalue weighted by Gasteiger charge is 2.41. The number of nitrogens with one attached hydrogen (secondary N) is 1. The van der Waals surface area contributed by atoms with Crippen LogP contribution < -0.4 is 5.32 Å². The van der Waals surface area contributed by atoms with Crippen LogP contribution in [0, 0.1) is 16.7 Å². The molecule has 0 saturated heterocycles. The third-order valence-corrected chi connectivity index (χ3v) is 4.03. The van der Waals surface area contributed by atoms with Crippen LogP contribution in [0.15, 0.2) is 0 Å². The lowest BCUT2D eigenvalue weighted by Crippen LogP contribution is -2.48. The number of likely N-dealkylation sites (N-methyl/N-ethyl adjacent to an activating group) is 1. The Labute approximate surface area is 127 Å². The quantitative estimate of drug-likeness (QED) is 0.790. The van der Waals surface area contributed by atoms with Crippen LogP contribution in [0.2, 0.25) is 0 Å². The topological polar surface area (TPSA) is 73.2 Å². The van der Waals surface area contributed by atoms with Crippen molar-refractivity contribution < 1.29 is 9.59 Å². The first-order chi connectivity index (χ1) is 9.95. The van der Waals surface area contributed by atoms with Gasteiger partial charge in [-0.05, 0) is 33.6 Å². The molecule has 0 aromatic carbocycles. The lowest BCUT2D eigenvalue weighted by atomic mass is 9.80. The first-order valence-electron chi connectivity index (χ1n) is 7.95. The van der Waals surface area contributed by atoms with E-state index >= 15 is 0 Å². The molecule has 0 radical (unpaired) electrons. The smallest absolute Gasteiger partial charge is 0.243 e. The minimum Gasteiger partial charge on any atom is -0.352 e. The molecular weight excluding hydrogens is 266 g/mol. The number of nitriles is 1. The molecule has 0 heterocycles. The predicted molar refractivity (Wildman–Crippen MR) is 81.3 cm³/mol. The predicted octanol–water partition coefficient (Wildman–Crippen LogP) is 2.22. The summed E-state index contributed by atoms with van der Waals surface area (Å²) in [6.07, 6.45) is 5.21. The van der Waals surface area contributed by atoms with Crippen LogP contribution in [0.5, 0.6) is 0 Å². The van der Waals surface area contributed by atoms with Gasteiger partial charge in [-0.1, -0.05) is 25.7 Å². The van der Waals surface area contributed by atoms with Crippen LogP contribution in [-0.2, 0) is 9.59 Å². The Morgan fingerprint density at radius 3 is 2.24 bits per heavy atom. The number of hydrogen-bond acceptors (Lipinski definition) is 3. The van der Waals surface area contributed by atoms with Gasteiger partial charge in [-0.2, -0.15) is 5.26 Å². The fourth-order valence-electron chi connectivity index (χ4n) is 2.88. The Bertz CT molecular complexity index is 404. The van der Waals surface area contributed by atoms with Gasteiger partial charge in [0.1, 0.15) is 5.41 Å². The number of rotatable bonds is 5. The second-order valence-corrected chi connectivity index (χ2v) is 6.15. The average Bonchev–Trinajstić information content (AvgIpc) is 2.69. The summed E-state index contributed by atoms with van der Waals surface area (Å²) in [5, 5.41) is 12.4. The van der Waals surface area contributed by atoms with Crippen LogP contribution in [-0.4, -0.2) is 35.8 Å². The van der Waals surface area contributed by atoms with E-state index in [2.05, 4.69) is 11.4 Å². The van der Waals surface area contributed by atoms with Crippen molar-refractivity contribution in [2.24, 2.45) is 5.41 Å². The van der Waals surface area contributed by atoms with Crippen LogP contribution in [0.1, 0.15) is 59.3 Å². The summed E-state index contributed by atoms with van der Waals surface area (Å²) >= 11 is 0. The van der Waals surface area contributed by atoms with Gasteiger partial charge in [-0.15, -0.1) is 0 Å². The van der Waals surface area contributed by atoms with Crippen molar-refractivity contribution in [3.8, 4) is 6.07 Å². The molecule has 21 heavy (non-hydrogen) atoms. The van der Waals surface area contributed by atoms with E-state index < -0.39 is 5.41 Å². The zero-order valence-corrected chi connectivity index (χ0v) is 13.4. The molecule has 1 aliphatic carbocycles. The Hall–Kier alpha value is -1.57. The fraction of sp³-hybridized carbons (Fsp3) is 0.812. The number of nitrogens with zero attached hydrogens (tertiary/aromatic N) is 2. The maximum Gasteiger partial charge on any atom is 0.243 e. The van der Waals surface area contributed by atoms with E-state index in [9.17, 15) is 14.9 Å². The first-order valence-corrected chi connectivity index (χ1v) is 7.95. The molecule has 0 unspecified atom stereocenters. The molecule has 0 spiro atoms. The third-order valence-electron chi connectivity index (χ3n) is 4.03. The summed E-state index contributed by atoms with van der Waals surface area (Å²) in [5.41, 5.74) is -0.926. The van der Waals surface area contributed by atoms with Crippen molar-refractivity contribution in [2.45, 2.75) is 65.3 Å². The zero-order chi connectivity index (χ0) is 15.9. The summed E-state index contributed by atoms with van der Waals surface area (Å²) in [7, 11) is 0. The van der Waals surface area contributed by atoms with E-state index in [1.807, 2.05) is 20.8 Å². The number of amides is 2. The Balaban J connectivity index is 2.80. The second-order valence-electron chi connectivity index (χ2n) is 6.15. The lowest BCUT2D eigenvalue weighted by Gasteiger charge is -2.31. The largest absolute Gasteiger partial charge is 0.352 e. The molecule has 2 amide bonds. The molecule has 118 valence electrons. The van der Waals surface area contributed by atoms with Crippen LogP contribution in [0.3, 0.4) is 0 Å². The highest BCUT2D eigenvalue weighted by molar-refractivity contribution is 5.89. The van der Waals surface area contributed by atoms with Gasteiger partial charge in [0.2, 0.25) is 11.8 Å². The molecular formula is C16H27N3O2. The molecule has 5 heteroatoms. The molecule has 1 aliphatic rings. The summed E-state index contributed by atoms with van der Waals surface area (Å²) in [5.74, 6) is -0.338. The average molecular weight is 293 g/mol. The van der Waals surface area contributed by atoms with E-state index in [0.717, 1.165) is 25.7 Å². The molecule has 1 N–H and O–H groups in total. The van der Waals surface area contributed by atoms with Gasteiger partial charge in [0.25, 0.3) is 0 Å². The van der Waals surface area contributed by atoms with E-state index in [-0.39, 0.29) is 24.4 Å². The minimum atomic E-state index is -0.926. The van der Waals surface area contributed by atoms with E-state index in [0.29, 0.717) is 19.4 Å². The van der Waals surface area contributed by atoms with Crippen LogP contribution in [0.25, 0.3) is 0 Å². The molecule has 0 bridgehead atoms. The first kappa shape index (κ1) is 17.5. The van der Waals surface area contributed by atoms with Crippen molar-refractivity contribution in [3.05, 3.63) is 0 Å². The molecule has 1 saturated carbocycles. The second kappa shape index (κ2) is 8.02. The van der Waals surface area contributed by atoms with Gasteiger partial charge in [-0.3, -0.25) is 9.59 Å². The Kier molecular flexibility index (Phi) is 6.67. The van der Waals surface area contributed by atoms with E-state index in [1.165, 1.54) is 4.90 Å². The maximum atomic E-state index is 12.8. The fourth-order valence-corrected chi connectivity index (χ4v) is 2.88. The van der Waals surface area contributed by atoms with Gasteiger partial charge in [0.05, 0.1) is 12.6 Å². The van der Waals surface area contributed by atoms with Crippen molar-refractivity contribution in [1.82, 2.24) is 10.2 Å². The van der Waals surface area contributed by atoms with Gasteiger partial charge >= 0.3 is 0 Å². The number of hydrogen-bond donors (Lipinski definition) is 1. The van der Waals surface area contributed by atoms with E-state index in [4.69, 9.17) is 0 Å². The Morgan fingerprint density at radius 1 is 1.24 bits per heavy atom. The molecule has 0 atom stereocenters. The van der Waals surface area contributed by atoms with Crippen molar-refractivity contribution >= 4 is 11.8 Å². The van der Waals surface area contributed by atoms with Crippen molar-refractivity contribution in [1.29, 1.82) is 5.26 Å². The van der Waals surface area contributed by atoms with Crippen LogP contribution >= 0.6 is 0 Å². The zero-order valence-electron chi connectivity index (χ0n) is 13.4. The molecule has 0 aliphatic heterocycles. The van der Waals surface area contributed by atoms with Crippen molar-refractivity contribution in [2.75, 3.05) is 13.1 Å². The monoisotopic (exact) mass is 293 g/mol. The molecule has 1 rings (SSSR count). The molecule has 5 nitrogen and oxygen atoms in total. The lowest BCUT2D eigenvalue weighted by molar-refractivity contribution is -0.142. The normalized spacial score (nSPS) is 17.7. The van der Waals surface area contributed by atoms with Crippen LogP contribution in [0.4, 0.5) is 0 Å². The van der Waals surface area contributed by atoms with Crippen molar-refractivity contribution in [3.63, 3.8) is 0 Å². The summed E-state index contributed by atoms with van der Waals surface area (Å²) in [6, 6.07) is 2.31. The summed E-state index contributed by atoms with van der Waals surface area (Å²) in [4.78, 5) is 26.2. The van der Waals surface area contributed by atoms with Gasteiger partial charge in [0.15, 0.2) is 0 Å². The molecule has 0 aromatic heterocycles. The summed E-state index contributed by atoms with van der Waals surface area (Å²) in [6.45, 7) is 6.11.